The number of hydrogen-bond donors (Lipinski definition) is 0. The minimum absolute atomic E-state index is 0.269. The summed E-state index contributed by atoms with van der Waals surface area (Å²) in [6.45, 7) is 4.35. The van der Waals surface area contributed by atoms with Crippen LogP contribution in [0.25, 0.3) is 0 Å². The molecule has 1 saturated carbocycles. The lowest BCUT2D eigenvalue weighted by atomic mass is 9.74. The van der Waals surface area contributed by atoms with E-state index in [1.54, 1.807) is 0 Å². The van der Waals surface area contributed by atoms with Gasteiger partial charge < -0.3 is 0 Å². The molecule has 1 heteroatoms. The molecule has 1 rings (SSSR count). The molecule has 1 fully saturated rings. The lowest BCUT2D eigenvalue weighted by Gasteiger charge is -2.30. The van der Waals surface area contributed by atoms with Gasteiger partial charge in [-0.15, -0.1) is 0 Å². The second-order valence-corrected chi connectivity index (χ2v) is 3.84. The van der Waals surface area contributed by atoms with Gasteiger partial charge in [-0.25, -0.2) is 0 Å². The normalized spacial score (nSPS) is 34.3. The molecular weight excluding hydrogens is 134 g/mol. The molecule has 0 N–H and O–H groups in total. The largest absolute Gasteiger partial charge is 0.198 e. The summed E-state index contributed by atoms with van der Waals surface area (Å²) >= 11 is 0. The van der Waals surface area contributed by atoms with Crippen LogP contribution in [-0.4, -0.2) is 0 Å². The molecule has 0 amide bonds. The van der Waals surface area contributed by atoms with Gasteiger partial charge in [0.2, 0.25) is 0 Å². The van der Waals surface area contributed by atoms with Gasteiger partial charge in [-0.3, -0.25) is 0 Å². The summed E-state index contributed by atoms with van der Waals surface area (Å²) in [5, 5.41) is 8.75. The van der Waals surface area contributed by atoms with Gasteiger partial charge in [-0.05, 0) is 25.2 Å². The average Bonchev–Trinajstić information content (AvgIpc) is 2.04. The third kappa shape index (κ3) is 1.96. The van der Waals surface area contributed by atoms with Gasteiger partial charge >= 0.3 is 0 Å². The first-order chi connectivity index (χ1) is 5.25. The van der Waals surface area contributed by atoms with Crippen molar-refractivity contribution in [3.8, 4) is 6.07 Å². The summed E-state index contributed by atoms with van der Waals surface area (Å²) in [6, 6.07) is 2.37. The Morgan fingerprint density at radius 1 is 1.36 bits per heavy atom. The highest BCUT2D eigenvalue weighted by Crippen LogP contribution is 2.34. The molecule has 1 aliphatic carbocycles. The molecular formula is C10H17N. The van der Waals surface area contributed by atoms with Crippen LogP contribution in [0, 0.1) is 29.1 Å². The summed E-state index contributed by atoms with van der Waals surface area (Å²) in [7, 11) is 0. The number of hydrogen-bond acceptors (Lipinski definition) is 1. The molecule has 0 aromatic rings. The minimum Gasteiger partial charge on any atom is -0.198 e. The highest BCUT2D eigenvalue weighted by atomic mass is 14.3. The van der Waals surface area contributed by atoms with Crippen LogP contribution in [0.15, 0.2) is 0 Å². The fraction of sp³-hybridized carbons (Fsp3) is 0.900. The zero-order valence-corrected chi connectivity index (χ0v) is 7.51. The van der Waals surface area contributed by atoms with E-state index in [2.05, 4.69) is 19.9 Å². The van der Waals surface area contributed by atoms with Crippen molar-refractivity contribution in [3.05, 3.63) is 0 Å². The maximum atomic E-state index is 8.75. The zero-order valence-electron chi connectivity index (χ0n) is 7.51. The fourth-order valence-corrected chi connectivity index (χ4v) is 2.18. The van der Waals surface area contributed by atoms with Crippen molar-refractivity contribution in [1.82, 2.24) is 0 Å². The second kappa shape index (κ2) is 3.76. The fourth-order valence-electron chi connectivity index (χ4n) is 2.18. The third-order valence-corrected chi connectivity index (χ3v) is 3.02. The Morgan fingerprint density at radius 3 is 2.55 bits per heavy atom. The molecule has 1 nitrogen and oxygen atoms in total. The molecule has 0 heterocycles. The molecule has 62 valence electrons. The first-order valence-corrected chi connectivity index (χ1v) is 4.65. The Labute approximate surface area is 69.4 Å². The van der Waals surface area contributed by atoms with Gasteiger partial charge in [0.25, 0.3) is 0 Å². The van der Waals surface area contributed by atoms with Gasteiger partial charge in [0.05, 0.1) is 6.07 Å². The quantitative estimate of drug-likeness (QED) is 0.565. The Balaban J connectivity index is 2.48. The van der Waals surface area contributed by atoms with Gasteiger partial charge in [0.15, 0.2) is 0 Å². The molecule has 0 aromatic heterocycles. The minimum atomic E-state index is 0.269. The van der Waals surface area contributed by atoms with Gasteiger partial charge in [0.1, 0.15) is 0 Å². The summed E-state index contributed by atoms with van der Waals surface area (Å²) in [4.78, 5) is 0. The van der Waals surface area contributed by atoms with Gasteiger partial charge in [0, 0.05) is 5.92 Å². The van der Waals surface area contributed by atoms with Crippen molar-refractivity contribution < 1.29 is 0 Å². The summed E-state index contributed by atoms with van der Waals surface area (Å²) in [5.41, 5.74) is 0. The van der Waals surface area contributed by atoms with E-state index in [-0.39, 0.29) is 5.92 Å². The summed E-state index contributed by atoms with van der Waals surface area (Å²) in [5.74, 6) is 1.72. The molecule has 0 aromatic carbocycles. The van der Waals surface area contributed by atoms with E-state index in [1.807, 2.05) is 0 Å². The maximum absolute atomic E-state index is 8.75. The zero-order chi connectivity index (χ0) is 8.27. The van der Waals surface area contributed by atoms with Gasteiger partial charge in [-0.2, -0.15) is 5.26 Å². The molecule has 0 bridgehead atoms. The van der Waals surface area contributed by atoms with Crippen LogP contribution >= 0.6 is 0 Å². The Bertz CT molecular complexity index is 157. The molecule has 3 atom stereocenters. The SMILES string of the molecule is CC(C#N)C1CCCCC1C. The summed E-state index contributed by atoms with van der Waals surface area (Å²) < 4.78 is 0. The Morgan fingerprint density at radius 2 is 2.00 bits per heavy atom. The van der Waals surface area contributed by atoms with Crippen molar-refractivity contribution in [1.29, 1.82) is 5.26 Å². The second-order valence-electron chi connectivity index (χ2n) is 3.84. The highest BCUT2D eigenvalue weighted by Gasteiger charge is 2.25. The standard InChI is InChI=1S/C10H17N/c1-8-5-3-4-6-10(8)9(2)7-11/h8-10H,3-6H2,1-2H3. The predicted octanol–water partition coefficient (Wildman–Crippen LogP) is 2.97. The van der Waals surface area contributed by atoms with E-state index in [9.17, 15) is 0 Å². The van der Waals surface area contributed by atoms with Crippen molar-refractivity contribution in [2.45, 2.75) is 39.5 Å². The first kappa shape index (κ1) is 8.59. The van der Waals surface area contributed by atoms with Crippen LogP contribution in [0.2, 0.25) is 0 Å². The number of nitriles is 1. The first-order valence-electron chi connectivity index (χ1n) is 4.65. The van der Waals surface area contributed by atoms with Crippen LogP contribution in [0.4, 0.5) is 0 Å². The molecule has 3 unspecified atom stereocenters. The van der Waals surface area contributed by atoms with Crippen molar-refractivity contribution >= 4 is 0 Å². The average molecular weight is 151 g/mol. The lowest BCUT2D eigenvalue weighted by molar-refractivity contribution is 0.215. The number of rotatable bonds is 1. The van der Waals surface area contributed by atoms with E-state index in [4.69, 9.17) is 5.26 Å². The molecule has 11 heavy (non-hydrogen) atoms. The van der Waals surface area contributed by atoms with Crippen LogP contribution in [0.1, 0.15) is 39.5 Å². The molecule has 1 aliphatic rings. The van der Waals surface area contributed by atoms with Crippen LogP contribution < -0.4 is 0 Å². The molecule has 0 saturated heterocycles. The van der Waals surface area contributed by atoms with E-state index in [0.717, 1.165) is 5.92 Å². The van der Waals surface area contributed by atoms with E-state index in [0.29, 0.717) is 5.92 Å². The van der Waals surface area contributed by atoms with E-state index in [1.165, 1.54) is 25.7 Å². The van der Waals surface area contributed by atoms with Crippen LogP contribution in [0.3, 0.4) is 0 Å². The lowest BCUT2D eigenvalue weighted by Crippen LogP contribution is -2.22. The Kier molecular flexibility index (Phi) is 2.93. The molecule has 0 aliphatic heterocycles. The van der Waals surface area contributed by atoms with E-state index >= 15 is 0 Å². The molecule has 0 radical (unpaired) electrons. The van der Waals surface area contributed by atoms with Crippen LogP contribution in [0.5, 0.6) is 0 Å². The third-order valence-electron chi connectivity index (χ3n) is 3.02. The van der Waals surface area contributed by atoms with Crippen molar-refractivity contribution in [3.63, 3.8) is 0 Å². The van der Waals surface area contributed by atoms with Crippen molar-refractivity contribution in [2.75, 3.05) is 0 Å². The van der Waals surface area contributed by atoms with Crippen LogP contribution in [-0.2, 0) is 0 Å². The maximum Gasteiger partial charge on any atom is 0.0655 e. The smallest absolute Gasteiger partial charge is 0.0655 e. The topological polar surface area (TPSA) is 23.8 Å². The number of nitrogens with zero attached hydrogens (tertiary/aromatic N) is 1. The van der Waals surface area contributed by atoms with E-state index < -0.39 is 0 Å². The highest BCUT2D eigenvalue weighted by molar-refractivity contribution is 4.88. The monoisotopic (exact) mass is 151 g/mol. The van der Waals surface area contributed by atoms with Gasteiger partial charge in [-0.1, -0.05) is 26.2 Å². The van der Waals surface area contributed by atoms with Crippen molar-refractivity contribution in [2.24, 2.45) is 17.8 Å². The molecule has 0 spiro atoms. The predicted molar refractivity (Wildman–Crippen MR) is 45.9 cm³/mol. The Hall–Kier alpha value is -0.510. The summed E-state index contributed by atoms with van der Waals surface area (Å²) in [6.07, 6.45) is 5.31.